The smallest absolute Gasteiger partial charge is 0.0221 e. The van der Waals surface area contributed by atoms with Crippen LogP contribution in [0.2, 0.25) is 0 Å². The zero-order valence-corrected chi connectivity index (χ0v) is 13.2. The molecule has 2 aliphatic rings. The van der Waals surface area contributed by atoms with Gasteiger partial charge in [0, 0.05) is 24.7 Å². The van der Waals surface area contributed by atoms with E-state index in [0.29, 0.717) is 6.04 Å². The number of nitrogens with one attached hydrogen (secondary N) is 1. The molecular formula is C16H33N3. The summed E-state index contributed by atoms with van der Waals surface area (Å²) in [6, 6.07) is 2.25. The van der Waals surface area contributed by atoms with Gasteiger partial charge in [-0.05, 0) is 58.8 Å². The topological polar surface area (TPSA) is 18.5 Å². The molecule has 2 atom stereocenters. The van der Waals surface area contributed by atoms with Crippen LogP contribution in [-0.4, -0.2) is 61.2 Å². The lowest BCUT2D eigenvalue weighted by Gasteiger charge is -2.34. The third-order valence-electron chi connectivity index (χ3n) is 4.93. The van der Waals surface area contributed by atoms with Gasteiger partial charge in [0.05, 0.1) is 0 Å². The van der Waals surface area contributed by atoms with Crippen LogP contribution in [0.15, 0.2) is 0 Å². The average Bonchev–Trinajstić information content (AvgIpc) is 2.83. The molecule has 0 amide bonds. The van der Waals surface area contributed by atoms with E-state index < -0.39 is 0 Å². The van der Waals surface area contributed by atoms with Crippen molar-refractivity contribution >= 4 is 0 Å². The van der Waals surface area contributed by atoms with E-state index in [0.717, 1.165) is 12.1 Å². The molecule has 2 unspecified atom stereocenters. The first-order valence-electron chi connectivity index (χ1n) is 8.34. The fourth-order valence-electron chi connectivity index (χ4n) is 3.62. The van der Waals surface area contributed by atoms with Gasteiger partial charge in [0.2, 0.25) is 0 Å². The molecule has 1 N–H and O–H groups in total. The minimum absolute atomic E-state index is 0.618. The Kier molecular flexibility index (Phi) is 6.11. The van der Waals surface area contributed by atoms with E-state index in [-0.39, 0.29) is 0 Å². The second-order valence-corrected chi connectivity index (χ2v) is 6.81. The molecule has 2 heterocycles. The molecule has 0 aromatic carbocycles. The van der Waals surface area contributed by atoms with Crippen molar-refractivity contribution in [1.29, 1.82) is 0 Å². The van der Waals surface area contributed by atoms with Crippen LogP contribution in [0.1, 0.15) is 52.4 Å². The molecule has 0 aromatic rings. The summed E-state index contributed by atoms with van der Waals surface area (Å²) in [6.07, 6.45) is 8.41. The highest BCUT2D eigenvalue weighted by Crippen LogP contribution is 2.21. The van der Waals surface area contributed by atoms with Gasteiger partial charge >= 0.3 is 0 Å². The second-order valence-electron chi connectivity index (χ2n) is 6.81. The molecule has 3 nitrogen and oxygen atoms in total. The molecule has 0 bridgehead atoms. The van der Waals surface area contributed by atoms with E-state index in [9.17, 15) is 0 Å². The summed E-state index contributed by atoms with van der Waals surface area (Å²) in [5, 5.41) is 3.61. The SMILES string of the molecule is CC(C)NCC1CCCN1CCC1CCCCN1C. The number of rotatable bonds is 6. The quantitative estimate of drug-likeness (QED) is 0.797. The van der Waals surface area contributed by atoms with E-state index in [2.05, 4.69) is 36.0 Å². The van der Waals surface area contributed by atoms with Crippen molar-refractivity contribution in [2.24, 2.45) is 0 Å². The zero-order valence-electron chi connectivity index (χ0n) is 13.2. The summed E-state index contributed by atoms with van der Waals surface area (Å²) in [5.41, 5.74) is 0. The largest absolute Gasteiger partial charge is 0.313 e. The predicted molar refractivity (Wildman–Crippen MR) is 82.6 cm³/mol. The van der Waals surface area contributed by atoms with Crippen LogP contribution >= 0.6 is 0 Å². The van der Waals surface area contributed by atoms with Crippen molar-refractivity contribution < 1.29 is 0 Å². The van der Waals surface area contributed by atoms with Crippen molar-refractivity contribution in [2.45, 2.75) is 70.5 Å². The summed E-state index contributed by atoms with van der Waals surface area (Å²) in [7, 11) is 2.31. The summed E-state index contributed by atoms with van der Waals surface area (Å²) >= 11 is 0. The monoisotopic (exact) mass is 267 g/mol. The Hall–Kier alpha value is -0.120. The van der Waals surface area contributed by atoms with E-state index in [4.69, 9.17) is 0 Å². The van der Waals surface area contributed by atoms with Gasteiger partial charge in [-0.25, -0.2) is 0 Å². The van der Waals surface area contributed by atoms with E-state index in [1.807, 2.05) is 0 Å². The number of likely N-dealkylation sites (tertiary alicyclic amines) is 2. The third kappa shape index (κ3) is 4.73. The molecule has 112 valence electrons. The van der Waals surface area contributed by atoms with Crippen LogP contribution in [0, 0.1) is 0 Å². The summed E-state index contributed by atoms with van der Waals surface area (Å²) in [4.78, 5) is 5.32. The van der Waals surface area contributed by atoms with Gasteiger partial charge in [-0.2, -0.15) is 0 Å². The summed E-state index contributed by atoms with van der Waals surface area (Å²) in [6.45, 7) is 9.61. The first kappa shape index (κ1) is 15.3. The Morgan fingerprint density at radius 1 is 1.05 bits per heavy atom. The molecule has 0 saturated carbocycles. The number of hydrogen-bond acceptors (Lipinski definition) is 3. The van der Waals surface area contributed by atoms with E-state index in [1.54, 1.807) is 0 Å². The first-order chi connectivity index (χ1) is 9.16. The van der Waals surface area contributed by atoms with Gasteiger partial charge < -0.3 is 10.2 Å². The highest BCUT2D eigenvalue weighted by Gasteiger charge is 2.26. The van der Waals surface area contributed by atoms with Crippen molar-refractivity contribution in [3.05, 3.63) is 0 Å². The van der Waals surface area contributed by atoms with Gasteiger partial charge in [0.1, 0.15) is 0 Å². The van der Waals surface area contributed by atoms with Crippen molar-refractivity contribution in [3.63, 3.8) is 0 Å². The van der Waals surface area contributed by atoms with Crippen molar-refractivity contribution in [2.75, 3.05) is 33.2 Å². The van der Waals surface area contributed by atoms with Crippen LogP contribution in [0.3, 0.4) is 0 Å². The van der Waals surface area contributed by atoms with Gasteiger partial charge in [0.25, 0.3) is 0 Å². The number of nitrogens with zero attached hydrogens (tertiary/aromatic N) is 2. The minimum atomic E-state index is 0.618. The van der Waals surface area contributed by atoms with Gasteiger partial charge in [-0.1, -0.05) is 20.3 Å². The molecule has 0 aliphatic carbocycles. The predicted octanol–water partition coefficient (Wildman–Crippen LogP) is 2.32. The Balaban J connectivity index is 1.71. The Labute approximate surface area is 119 Å². The number of hydrogen-bond donors (Lipinski definition) is 1. The zero-order chi connectivity index (χ0) is 13.7. The Bertz CT molecular complexity index is 254. The van der Waals surface area contributed by atoms with Crippen LogP contribution in [0.5, 0.6) is 0 Å². The molecule has 3 heteroatoms. The van der Waals surface area contributed by atoms with Gasteiger partial charge in [-0.3, -0.25) is 4.90 Å². The molecule has 2 aliphatic heterocycles. The van der Waals surface area contributed by atoms with E-state index in [1.165, 1.54) is 64.7 Å². The average molecular weight is 267 g/mol. The molecule has 0 aromatic heterocycles. The molecular weight excluding hydrogens is 234 g/mol. The summed E-state index contributed by atoms with van der Waals surface area (Å²) < 4.78 is 0. The lowest BCUT2D eigenvalue weighted by molar-refractivity contribution is 0.148. The van der Waals surface area contributed by atoms with E-state index >= 15 is 0 Å². The van der Waals surface area contributed by atoms with Gasteiger partial charge in [0.15, 0.2) is 0 Å². The van der Waals surface area contributed by atoms with Crippen molar-refractivity contribution in [3.8, 4) is 0 Å². The van der Waals surface area contributed by atoms with Crippen molar-refractivity contribution in [1.82, 2.24) is 15.1 Å². The lowest BCUT2D eigenvalue weighted by atomic mass is 10.00. The highest BCUT2D eigenvalue weighted by atomic mass is 15.2. The van der Waals surface area contributed by atoms with Gasteiger partial charge in [-0.15, -0.1) is 0 Å². The summed E-state index contributed by atoms with van der Waals surface area (Å²) in [5.74, 6) is 0. The second kappa shape index (κ2) is 7.61. The molecule has 0 spiro atoms. The molecule has 2 fully saturated rings. The highest BCUT2D eigenvalue weighted by molar-refractivity contribution is 4.83. The lowest BCUT2D eigenvalue weighted by Crippen LogP contribution is -2.43. The normalized spacial score (nSPS) is 30.3. The maximum Gasteiger partial charge on any atom is 0.0221 e. The third-order valence-corrected chi connectivity index (χ3v) is 4.93. The minimum Gasteiger partial charge on any atom is -0.313 e. The Morgan fingerprint density at radius 3 is 2.58 bits per heavy atom. The molecule has 19 heavy (non-hydrogen) atoms. The molecule has 2 saturated heterocycles. The van der Waals surface area contributed by atoms with Crippen LogP contribution in [0.25, 0.3) is 0 Å². The maximum atomic E-state index is 3.61. The first-order valence-corrected chi connectivity index (χ1v) is 8.34. The molecule has 2 rings (SSSR count). The fourth-order valence-corrected chi connectivity index (χ4v) is 3.62. The fraction of sp³-hybridized carbons (Fsp3) is 1.00. The molecule has 0 radical (unpaired) electrons. The van der Waals surface area contributed by atoms with Crippen LogP contribution in [-0.2, 0) is 0 Å². The Morgan fingerprint density at radius 2 is 1.84 bits per heavy atom. The maximum absolute atomic E-state index is 3.61. The number of piperidine rings is 1. The van der Waals surface area contributed by atoms with Crippen LogP contribution in [0.4, 0.5) is 0 Å². The standard InChI is InChI=1S/C16H33N3/c1-14(2)17-13-16-8-6-11-19(16)12-9-15-7-4-5-10-18(15)3/h14-17H,4-13H2,1-3H3. The van der Waals surface area contributed by atoms with Crippen LogP contribution < -0.4 is 5.32 Å².